The molecule has 1 aromatic rings. The van der Waals surface area contributed by atoms with Crippen molar-refractivity contribution in [2.24, 2.45) is 0 Å². The molecular weight excluding hydrogens is 202 g/mol. The molecule has 3 nitrogen and oxygen atoms in total. The van der Waals surface area contributed by atoms with E-state index in [-0.39, 0.29) is 19.1 Å². The van der Waals surface area contributed by atoms with Gasteiger partial charge < -0.3 is 10.4 Å². The third-order valence-electron chi connectivity index (χ3n) is 1.83. The fourth-order valence-electron chi connectivity index (χ4n) is 1.01. The van der Waals surface area contributed by atoms with E-state index in [1.165, 1.54) is 0 Å². The van der Waals surface area contributed by atoms with E-state index in [9.17, 15) is 4.79 Å². The molecule has 0 spiro atoms. The predicted molar refractivity (Wildman–Crippen MR) is 55.6 cm³/mol. The Labute approximate surface area is 87.7 Å². The number of halogens is 1. The zero-order chi connectivity index (χ0) is 10.6. The maximum Gasteiger partial charge on any atom is 0.251 e. The summed E-state index contributed by atoms with van der Waals surface area (Å²) in [5.41, 5.74) is 1.44. The van der Waals surface area contributed by atoms with Crippen molar-refractivity contribution in [1.82, 2.24) is 5.32 Å². The van der Waals surface area contributed by atoms with E-state index in [0.717, 1.165) is 5.56 Å². The van der Waals surface area contributed by atoms with Gasteiger partial charge in [0.25, 0.3) is 5.91 Å². The van der Waals surface area contributed by atoms with E-state index in [2.05, 4.69) is 5.32 Å². The van der Waals surface area contributed by atoms with Crippen LogP contribution < -0.4 is 5.32 Å². The second kappa shape index (κ2) is 4.98. The standard InChI is InChI=1S/C10H12ClNO2/c1-7-2-3-8(6-9(7)11)10(14)12-4-5-13/h2-3,6,13H,4-5H2,1H3,(H,12,14). The number of amides is 1. The molecule has 0 saturated heterocycles. The Bertz CT molecular complexity index is 339. The molecule has 0 saturated carbocycles. The van der Waals surface area contributed by atoms with Crippen molar-refractivity contribution in [3.8, 4) is 0 Å². The van der Waals surface area contributed by atoms with E-state index >= 15 is 0 Å². The molecular formula is C10H12ClNO2. The summed E-state index contributed by atoms with van der Waals surface area (Å²) in [4.78, 5) is 11.4. The van der Waals surface area contributed by atoms with Gasteiger partial charge in [0, 0.05) is 17.1 Å². The van der Waals surface area contributed by atoms with Gasteiger partial charge in [0.15, 0.2) is 0 Å². The van der Waals surface area contributed by atoms with Crippen molar-refractivity contribution in [1.29, 1.82) is 0 Å². The highest BCUT2D eigenvalue weighted by molar-refractivity contribution is 6.31. The van der Waals surface area contributed by atoms with Gasteiger partial charge in [-0.3, -0.25) is 4.79 Å². The lowest BCUT2D eigenvalue weighted by molar-refractivity contribution is 0.0945. The van der Waals surface area contributed by atoms with Crippen molar-refractivity contribution >= 4 is 17.5 Å². The van der Waals surface area contributed by atoms with E-state index < -0.39 is 0 Å². The van der Waals surface area contributed by atoms with Gasteiger partial charge in [-0.2, -0.15) is 0 Å². The summed E-state index contributed by atoms with van der Waals surface area (Å²) in [7, 11) is 0. The van der Waals surface area contributed by atoms with E-state index in [1.807, 2.05) is 6.92 Å². The Morgan fingerprint density at radius 2 is 2.29 bits per heavy atom. The second-order valence-corrected chi connectivity index (χ2v) is 3.35. The molecule has 0 radical (unpaired) electrons. The van der Waals surface area contributed by atoms with Crippen molar-refractivity contribution in [3.63, 3.8) is 0 Å². The number of nitrogens with one attached hydrogen (secondary N) is 1. The molecule has 0 aliphatic rings. The van der Waals surface area contributed by atoms with Gasteiger partial charge in [-0.15, -0.1) is 0 Å². The number of aliphatic hydroxyl groups excluding tert-OH is 1. The zero-order valence-corrected chi connectivity index (χ0v) is 8.64. The minimum absolute atomic E-state index is 0.0642. The van der Waals surface area contributed by atoms with Gasteiger partial charge in [-0.1, -0.05) is 17.7 Å². The molecule has 0 aliphatic carbocycles. The Morgan fingerprint density at radius 3 is 2.86 bits per heavy atom. The second-order valence-electron chi connectivity index (χ2n) is 2.94. The van der Waals surface area contributed by atoms with Gasteiger partial charge in [-0.05, 0) is 24.6 Å². The number of hydrogen-bond donors (Lipinski definition) is 2. The molecule has 0 unspecified atom stereocenters. The minimum atomic E-state index is -0.221. The van der Waals surface area contributed by atoms with Crippen LogP contribution in [0.25, 0.3) is 0 Å². The summed E-state index contributed by atoms with van der Waals surface area (Å²) in [5.74, 6) is -0.221. The molecule has 0 bridgehead atoms. The summed E-state index contributed by atoms with van der Waals surface area (Å²) in [6.07, 6.45) is 0. The van der Waals surface area contributed by atoms with Gasteiger partial charge >= 0.3 is 0 Å². The molecule has 0 atom stereocenters. The van der Waals surface area contributed by atoms with E-state index in [0.29, 0.717) is 10.6 Å². The lowest BCUT2D eigenvalue weighted by atomic mass is 10.1. The highest BCUT2D eigenvalue weighted by Gasteiger charge is 2.05. The molecule has 2 N–H and O–H groups in total. The smallest absolute Gasteiger partial charge is 0.251 e. The first-order valence-electron chi connectivity index (χ1n) is 4.30. The molecule has 1 rings (SSSR count). The van der Waals surface area contributed by atoms with Gasteiger partial charge in [0.1, 0.15) is 0 Å². The topological polar surface area (TPSA) is 49.3 Å². The summed E-state index contributed by atoms with van der Waals surface area (Å²) in [6, 6.07) is 5.10. The number of rotatable bonds is 3. The van der Waals surface area contributed by atoms with Crippen LogP contribution in [0.3, 0.4) is 0 Å². The molecule has 0 heterocycles. The van der Waals surface area contributed by atoms with Crippen LogP contribution in [0.15, 0.2) is 18.2 Å². The first-order valence-corrected chi connectivity index (χ1v) is 4.68. The first-order chi connectivity index (χ1) is 6.65. The van der Waals surface area contributed by atoms with Crippen LogP contribution in [0, 0.1) is 6.92 Å². The maximum atomic E-state index is 11.4. The zero-order valence-electron chi connectivity index (χ0n) is 7.88. The highest BCUT2D eigenvalue weighted by Crippen LogP contribution is 2.16. The van der Waals surface area contributed by atoms with Crippen LogP contribution in [0.4, 0.5) is 0 Å². The maximum absolute atomic E-state index is 11.4. The number of aryl methyl sites for hydroxylation is 1. The molecule has 0 fully saturated rings. The molecule has 0 aliphatic heterocycles. The van der Waals surface area contributed by atoms with Crippen LogP contribution in [0.2, 0.25) is 5.02 Å². The van der Waals surface area contributed by atoms with Gasteiger partial charge in [0.2, 0.25) is 0 Å². The lowest BCUT2D eigenvalue weighted by Crippen LogP contribution is -2.26. The largest absolute Gasteiger partial charge is 0.395 e. The Hall–Kier alpha value is -1.06. The summed E-state index contributed by atoms with van der Waals surface area (Å²) in [6.45, 7) is 2.06. The summed E-state index contributed by atoms with van der Waals surface area (Å²) < 4.78 is 0. The number of benzene rings is 1. The monoisotopic (exact) mass is 213 g/mol. The third-order valence-corrected chi connectivity index (χ3v) is 2.24. The molecule has 0 aromatic heterocycles. The molecule has 1 amide bonds. The normalized spacial score (nSPS) is 9.93. The SMILES string of the molecule is Cc1ccc(C(=O)NCCO)cc1Cl. The number of hydrogen-bond acceptors (Lipinski definition) is 2. The molecule has 76 valence electrons. The average Bonchev–Trinajstić information content (AvgIpc) is 2.18. The lowest BCUT2D eigenvalue weighted by Gasteiger charge is -2.04. The number of carbonyl (C=O) groups excluding carboxylic acids is 1. The van der Waals surface area contributed by atoms with Gasteiger partial charge in [0.05, 0.1) is 6.61 Å². The van der Waals surface area contributed by atoms with E-state index in [4.69, 9.17) is 16.7 Å². The quantitative estimate of drug-likeness (QED) is 0.797. The van der Waals surface area contributed by atoms with Gasteiger partial charge in [-0.25, -0.2) is 0 Å². The molecule has 1 aromatic carbocycles. The molecule has 14 heavy (non-hydrogen) atoms. The van der Waals surface area contributed by atoms with Crippen LogP contribution in [-0.2, 0) is 0 Å². The number of aliphatic hydroxyl groups is 1. The molecule has 4 heteroatoms. The summed E-state index contributed by atoms with van der Waals surface area (Å²) in [5, 5.41) is 11.6. The van der Waals surface area contributed by atoms with Crippen LogP contribution >= 0.6 is 11.6 Å². The first kappa shape index (κ1) is 11.0. The Kier molecular flexibility index (Phi) is 3.92. The van der Waals surface area contributed by atoms with Crippen LogP contribution in [0.1, 0.15) is 15.9 Å². The van der Waals surface area contributed by atoms with Crippen molar-refractivity contribution in [2.75, 3.05) is 13.2 Å². The predicted octanol–water partition coefficient (Wildman–Crippen LogP) is 1.37. The fourth-order valence-corrected chi connectivity index (χ4v) is 1.19. The highest BCUT2D eigenvalue weighted by atomic mass is 35.5. The van der Waals surface area contributed by atoms with Crippen LogP contribution in [-0.4, -0.2) is 24.2 Å². The van der Waals surface area contributed by atoms with Crippen LogP contribution in [0.5, 0.6) is 0 Å². The Morgan fingerprint density at radius 1 is 1.57 bits per heavy atom. The number of carbonyl (C=O) groups is 1. The van der Waals surface area contributed by atoms with Crippen molar-refractivity contribution < 1.29 is 9.90 Å². The fraction of sp³-hybridized carbons (Fsp3) is 0.300. The Balaban J connectivity index is 2.76. The minimum Gasteiger partial charge on any atom is -0.395 e. The van der Waals surface area contributed by atoms with Crippen molar-refractivity contribution in [2.45, 2.75) is 6.92 Å². The van der Waals surface area contributed by atoms with E-state index in [1.54, 1.807) is 18.2 Å². The van der Waals surface area contributed by atoms with Crippen molar-refractivity contribution in [3.05, 3.63) is 34.3 Å². The average molecular weight is 214 g/mol. The summed E-state index contributed by atoms with van der Waals surface area (Å²) >= 11 is 5.86. The third kappa shape index (κ3) is 2.72.